The fourth-order valence-corrected chi connectivity index (χ4v) is 2.80. The van der Waals surface area contributed by atoms with Gasteiger partial charge in [-0.3, -0.25) is 4.79 Å². The van der Waals surface area contributed by atoms with Crippen molar-refractivity contribution >= 4 is 35.0 Å². The summed E-state index contributed by atoms with van der Waals surface area (Å²) in [4.78, 5) is 13.3. The van der Waals surface area contributed by atoms with Gasteiger partial charge in [-0.15, -0.1) is 11.8 Å². The second-order valence-electron chi connectivity index (χ2n) is 6.83. The fourth-order valence-electron chi connectivity index (χ4n) is 1.82. The fraction of sp³-hybridized carbons (Fsp3) is 0.300. The van der Waals surface area contributed by atoms with Crippen molar-refractivity contribution in [1.82, 2.24) is 5.43 Å². The van der Waals surface area contributed by atoms with Crippen LogP contribution in [-0.4, -0.2) is 11.6 Å². The number of nitrogens with zero attached hydrogens (tertiary/aromatic N) is 1. The first-order valence-corrected chi connectivity index (χ1v) is 9.44. The van der Waals surface area contributed by atoms with Gasteiger partial charge < -0.3 is 0 Å². The first kappa shape index (κ1) is 19.5. The second-order valence-corrected chi connectivity index (χ2v) is 8.31. The molecule has 0 aliphatic carbocycles. The van der Waals surface area contributed by atoms with Crippen LogP contribution in [0.2, 0.25) is 5.02 Å². The zero-order chi connectivity index (χ0) is 18.4. The highest BCUT2D eigenvalue weighted by Crippen LogP contribution is 2.24. The molecule has 1 amide bonds. The Morgan fingerprint density at radius 3 is 2.24 bits per heavy atom. The standard InChI is InChI=1S/C20H23ClN2OS/c1-14(20(2,3)4)22-23-19(24)16-7-5-15(6-8-16)13-25-18-11-9-17(21)10-12-18/h5-12H,13H2,1-4H3,(H,23,24). The highest BCUT2D eigenvalue weighted by atomic mass is 35.5. The number of carbonyl (C=O) groups excluding carboxylic acids is 1. The third-order valence-electron chi connectivity index (χ3n) is 3.85. The highest BCUT2D eigenvalue weighted by Gasteiger charge is 2.15. The van der Waals surface area contributed by atoms with E-state index in [1.807, 2.05) is 55.5 Å². The number of nitrogens with one attached hydrogen (secondary N) is 1. The summed E-state index contributed by atoms with van der Waals surface area (Å²) in [7, 11) is 0. The summed E-state index contributed by atoms with van der Waals surface area (Å²) in [5, 5.41) is 4.92. The van der Waals surface area contributed by atoms with Gasteiger partial charge in [0.1, 0.15) is 0 Å². The number of halogens is 1. The molecule has 2 rings (SSSR count). The number of hydrazone groups is 1. The third-order valence-corrected chi connectivity index (χ3v) is 5.18. The van der Waals surface area contributed by atoms with Crippen molar-refractivity contribution in [1.29, 1.82) is 0 Å². The van der Waals surface area contributed by atoms with Crippen LogP contribution in [0.1, 0.15) is 43.6 Å². The molecule has 0 unspecified atom stereocenters. The van der Waals surface area contributed by atoms with Crippen LogP contribution in [0.4, 0.5) is 0 Å². The van der Waals surface area contributed by atoms with Gasteiger partial charge in [0.15, 0.2) is 0 Å². The quantitative estimate of drug-likeness (QED) is 0.409. The molecule has 1 N–H and O–H groups in total. The van der Waals surface area contributed by atoms with Crippen LogP contribution in [0, 0.1) is 5.41 Å². The minimum Gasteiger partial charge on any atom is -0.267 e. The first-order valence-electron chi connectivity index (χ1n) is 8.08. The summed E-state index contributed by atoms with van der Waals surface area (Å²) in [6.45, 7) is 8.10. The van der Waals surface area contributed by atoms with Crippen LogP contribution in [0.25, 0.3) is 0 Å². The van der Waals surface area contributed by atoms with Crippen molar-refractivity contribution in [3.63, 3.8) is 0 Å². The summed E-state index contributed by atoms with van der Waals surface area (Å²) >= 11 is 7.62. The molecule has 0 bridgehead atoms. The molecule has 0 spiro atoms. The third kappa shape index (κ3) is 6.22. The lowest BCUT2D eigenvalue weighted by molar-refractivity contribution is 0.0954. The van der Waals surface area contributed by atoms with E-state index in [2.05, 4.69) is 31.3 Å². The van der Waals surface area contributed by atoms with Gasteiger partial charge in [-0.2, -0.15) is 5.10 Å². The number of hydrogen-bond donors (Lipinski definition) is 1. The van der Waals surface area contributed by atoms with Crippen molar-refractivity contribution in [2.75, 3.05) is 0 Å². The van der Waals surface area contributed by atoms with Crippen molar-refractivity contribution in [2.45, 2.75) is 38.3 Å². The van der Waals surface area contributed by atoms with Gasteiger partial charge in [-0.1, -0.05) is 44.5 Å². The molecule has 2 aromatic rings. The lowest BCUT2D eigenvalue weighted by atomic mass is 9.91. The molecule has 0 saturated heterocycles. The Kier molecular flexibility index (Phi) is 6.68. The van der Waals surface area contributed by atoms with Gasteiger partial charge in [-0.05, 0) is 48.9 Å². The lowest BCUT2D eigenvalue weighted by Crippen LogP contribution is -2.24. The summed E-state index contributed by atoms with van der Waals surface area (Å²) in [6.07, 6.45) is 0. The zero-order valence-corrected chi connectivity index (χ0v) is 16.5. The molecule has 3 nitrogen and oxygen atoms in total. The summed E-state index contributed by atoms with van der Waals surface area (Å²) < 4.78 is 0. The summed E-state index contributed by atoms with van der Waals surface area (Å²) in [5.74, 6) is 0.644. The molecule has 0 heterocycles. The minimum atomic E-state index is -0.194. The Morgan fingerprint density at radius 2 is 1.68 bits per heavy atom. The topological polar surface area (TPSA) is 41.5 Å². The van der Waals surface area contributed by atoms with E-state index in [0.717, 1.165) is 22.1 Å². The van der Waals surface area contributed by atoms with Gasteiger partial charge in [0.2, 0.25) is 0 Å². The molecule has 0 fully saturated rings. The molecular formula is C20H23ClN2OS. The van der Waals surface area contributed by atoms with Crippen LogP contribution in [0.3, 0.4) is 0 Å². The van der Waals surface area contributed by atoms with Crippen molar-refractivity contribution in [2.24, 2.45) is 10.5 Å². The summed E-state index contributed by atoms with van der Waals surface area (Å²) in [6, 6.07) is 15.4. The van der Waals surface area contributed by atoms with Crippen LogP contribution >= 0.6 is 23.4 Å². The van der Waals surface area contributed by atoms with Crippen molar-refractivity contribution in [3.8, 4) is 0 Å². The van der Waals surface area contributed by atoms with E-state index < -0.39 is 0 Å². The Morgan fingerprint density at radius 1 is 1.08 bits per heavy atom. The average Bonchev–Trinajstić information content (AvgIpc) is 2.58. The normalized spacial score (nSPS) is 12.1. The van der Waals surface area contributed by atoms with Crippen molar-refractivity contribution < 1.29 is 4.79 Å². The predicted octanol–water partition coefficient (Wildman–Crippen LogP) is 5.78. The molecule has 0 aromatic heterocycles. The molecular weight excluding hydrogens is 352 g/mol. The average molecular weight is 375 g/mol. The Balaban J connectivity index is 1.92. The van der Waals surface area contributed by atoms with Crippen LogP contribution in [0.5, 0.6) is 0 Å². The minimum absolute atomic E-state index is 0.0595. The maximum Gasteiger partial charge on any atom is 0.271 e. The van der Waals surface area contributed by atoms with Gasteiger partial charge in [0.05, 0.1) is 0 Å². The number of amides is 1. The van der Waals surface area contributed by atoms with Crippen molar-refractivity contribution in [3.05, 3.63) is 64.7 Å². The number of hydrogen-bond acceptors (Lipinski definition) is 3. The van der Waals surface area contributed by atoms with E-state index in [1.165, 1.54) is 4.90 Å². The summed E-state index contributed by atoms with van der Waals surface area (Å²) in [5.41, 5.74) is 5.21. The molecule has 0 saturated carbocycles. The largest absolute Gasteiger partial charge is 0.271 e. The molecule has 0 aliphatic rings. The SMILES string of the molecule is CC(=NNC(=O)c1ccc(CSc2ccc(Cl)cc2)cc1)C(C)(C)C. The van der Waals surface area contributed by atoms with E-state index in [0.29, 0.717) is 5.56 Å². The Bertz CT molecular complexity index is 747. The van der Waals surface area contributed by atoms with E-state index in [1.54, 1.807) is 11.8 Å². The molecule has 5 heteroatoms. The molecule has 0 aliphatic heterocycles. The maximum atomic E-state index is 12.2. The first-order chi connectivity index (χ1) is 11.8. The number of benzene rings is 2. The highest BCUT2D eigenvalue weighted by molar-refractivity contribution is 7.98. The van der Waals surface area contributed by atoms with E-state index in [-0.39, 0.29) is 11.3 Å². The van der Waals surface area contributed by atoms with Crippen LogP contribution in [0.15, 0.2) is 58.5 Å². The Hall–Kier alpha value is -1.78. The lowest BCUT2D eigenvalue weighted by Gasteiger charge is -2.17. The Labute approximate surface area is 158 Å². The monoisotopic (exact) mass is 374 g/mol. The van der Waals surface area contributed by atoms with E-state index in [9.17, 15) is 4.79 Å². The van der Waals surface area contributed by atoms with Crippen LogP contribution in [-0.2, 0) is 5.75 Å². The molecule has 132 valence electrons. The number of rotatable bonds is 5. The van der Waals surface area contributed by atoms with Crippen LogP contribution < -0.4 is 5.43 Å². The van der Waals surface area contributed by atoms with Gasteiger partial charge in [-0.25, -0.2) is 5.43 Å². The maximum absolute atomic E-state index is 12.2. The van der Waals surface area contributed by atoms with Gasteiger partial charge >= 0.3 is 0 Å². The zero-order valence-electron chi connectivity index (χ0n) is 15.0. The molecule has 0 radical (unpaired) electrons. The predicted molar refractivity (Wildman–Crippen MR) is 107 cm³/mol. The smallest absolute Gasteiger partial charge is 0.267 e. The van der Waals surface area contributed by atoms with Gasteiger partial charge in [0, 0.05) is 32.4 Å². The number of thioether (sulfide) groups is 1. The second kappa shape index (κ2) is 8.54. The molecule has 2 aromatic carbocycles. The van der Waals surface area contributed by atoms with Gasteiger partial charge in [0.25, 0.3) is 5.91 Å². The molecule has 0 atom stereocenters. The molecule has 25 heavy (non-hydrogen) atoms. The van der Waals surface area contributed by atoms with E-state index >= 15 is 0 Å². The van der Waals surface area contributed by atoms with E-state index in [4.69, 9.17) is 11.6 Å². The number of carbonyl (C=O) groups is 1.